The highest BCUT2D eigenvalue weighted by atomic mass is 16.5. The number of carbonyl (C=O) groups excluding carboxylic acids is 2. The van der Waals surface area contributed by atoms with Gasteiger partial charge in [0.25, 0.3) is 5.91 Å². The van der Waals surface area contributed by atoms with E-state index < -0.39 is 0 Å². The average molecular weight is 497 g/mol. The number of anilines is 3. The minimum absolute atomic E-state index is 0.0295. The summed E-state index contributed by atoms with van der Waals surface area (Å²) in [6.07, 6.45) is 3.03. The second-order valence-electron chi connectivity index (χ2n) is 8.84. The summed E-state index contributed by atoms with van der Waals surface area (Å²) in [6.45, 7) is 8.99. The Morgan fingerprint density at radius 3 is 2.36 bits per heavy atom. The fourth-order valence-corrected chi connectivity index (χ4v) is 4.33. The van der Waals surface area contributed by atoms with E-state index in [2.05, 4.69) is 33.4 Å². The van der Waals surface area contributed by atoms with Crippen LogP contribution < -0.4 is 25.2 Å². The Balaban J connectivity index is 1.73. The van der Waals surface area contributed by atoms with Gasteiger partial charge in [-0.05, 0) is 50.1 Å². The number of benzene rings is 2. The number of piperazine rings is 1. The van der Waals surface area contributed by atoms with Gasteiger partial charge in [-0.15, -0.1) is 0 Å². The van der Waals surface area contributed by atoms with Crippen molar-refractivity contribution in [3.05, 3.63) is 48.0 Å². The molecule has 0 spiro atoms. The molecule has 2 aromatic rings. The maximum Gasteiger partial charge on any atom is 0.253 e. The number of para-hydroxylation sites is 2. The fourth-order valence-electron chi connectivity index (χ4n) is 4.33. The summed E-state index contributed by atoms with van der Waals surface area (Å²) in [6, 6.07) is 13.7. The summed E-state index contributed by atoms with van der Waals surface area (Å²) in [5.41, 5.74) is 3.18. The fraction of sp³-hybridized carbons (Fsp3) is 0.500. The molecule has 2 amide bonds. The lowest BCUT2D eigenvalue weighted by Gasteiger charge is -2.38. The third-order valence-electron chi connectivity index (χ3n) is 6.28. The second kappa shape index (κ2) is 14.3. The number of unbranched alkanes of at least 4 members (excludes halogenated alkanes) is 1. The smallest absolute Gasteiger partial charge is 0.253 e. The number of carbonyl (C=O) groups is 2. The Morgan fingerprint density at radius 1 is 0.944 bits per heavy atom. The molecule has 1 aliphatic rings. The second-order valence-corrected chi connectivity index (χ2v) is 8.84. The van der Waals surface area contributed by atoms with Crippen LogP contribution in [0.4, 0.5) is 17.1 Å². The monoisotopic (exact) mass is 496 g/mol. The maximum absolute atomic E-state index is 13.2. The Kier molecular flexibility index (Phi) is 10.9. The van der Waals surface area contributed by atoms with E-state index in [1.165, 1.54) is 0 Å². The van der Waals surface area contributed by atoms with Gasteiger partial charge in [-0.25, -0.2) is 0 Å². The molecule has 0 atom stereocenters. The number of hydrogen-bond acceptors (Lipinski definition) is 6. The largest absolute Gasteiger partial charge is 0.495 e. The third kappa shape index (κ3) is 7.62. The first-order valence-electron chi connectivity index (χ1n) is 13.0. The van der Waals surface area contributed by atoms with Crippen LogP contribution in [0.1, 0.15) is 49.9 Å². The highest BCUT2D eigenvalue weighted by Crippen LogP contribution is 2.31. The molecule has 1 aliphatic heterocycles. The van der Waals surface area contributed by atoms with E-state index in [4.69, 9.17) is 9.47 Å². The van der Waals surface area contributed by atoms with Crippen LogP contribution in [0.5, 0.6) is 5.75 Å². The van der Waals surface area contributed by atoms with Crippen LogP contribution in [0.25, 0.3) is 0 Å². The molecule has 3 rings (SSSR count). The molecule has 196 valence electrons. The van der Waals surface area contributed by atoms with Gasteiger partial charge in [0.15, 0.2) is 0 Å². The molecule has 1 fully saturated rings. The number of methoxy groups -OCH3 is 1. The topological polar surface area (TPSA) is 83.1 Å². The van der Waals surface area contributed by atoms with Crippen LogP contribution in [0.15, 0.2) is 42.5 Å². The zero-order chi connectivity index (χ0) is 25.8. The summed E-state index contributed by atoms with van der Waals surface area (Å²) in [4.78, 5) is 30.0. The zero-order valence-corrected chi connectivity index (χ0v) is 21.8. The SMILES string of the molecule is CCCCC(=O)Nc1ccc(N2CCN(c3ccccc3OC)CC2)c(C(=O)NCCCOCC)c1. The first-order chi connectivity index (χ1) is 17.6. The number of nitrogens with zero attached hydrogens (tertiary/aromatic N) is 2. The summed E-state index contributed by atoms with van der Waals surface area (Å²) >= 11 is 0. The number of nitrogens with one attached hydrogen (secondary N) is 2. The van der Waals surface area contributed by atoms with Gasteiger partial charge >= 0.3 is 0 Å². The van der Waals surface area contributed by atoms with Gasteiger partial charge < -0.3 is 29.9 Å². The molecule has 2 aromatic carbocycles. The van der Waals surface area contributed by atoms with Gasteiger partial charge in [0.1, 0.15) is 5.75 Å². The molecule has 8 nitrogen and oxygen atoms in total. The first-order valence-corrected chi connectivity index (χ1v) is 13.0. The van der Waals surface area contributed by atoms with Crippen molar-refractivity contribution in [1.82, 2.24) is 5.32 Å². The third-order valence-corrected chi connectivity index (χ3v) is 6.28. The predicted molar refractivity (Wildman–Crippen MR) is 145 cm³/mol. The van der Waals surface area contributed by atoms with Gasteiger partial charge in [0.2, 0.25) is 5.91 Å². The van der Waals surface area contributed by atoms with Crippen LogP contribution in [0, 0.1) is 0 Å². The molecule has 0 radical (unpaired) electrons. The van der Waals surface area contributed by atoms with Gasteiger partial charge in [0, 0.05) is 63.7 Å². The molecule has 1 saturated heterocycles. The van der Waals surface area contributed by atoms with Crippen molar-refractivity contribution in [2.24, 2.45) is 0 Å². The molecule has 0 aromatic heterocycles. The lowest BCUT2D eigenvalue weighted by molar-refractivity contribution is -0.116. The van der Waals surface area contributed by atoms with Crippen LogP contribution in [-0.2, 0) is 9.53 Å². The van der Waals surface area contributed by atoms with E-state index in [9.17, 15) is 9.59 Å². The summed E-state index contributed by atoms with van der Waals surface area (Å²) in [7, 11) is 1.69. The summed E-state index contributed by atoms with van der Waals surface area (Å²) in [5, 5.41) is 5.96. The maximum atomic E-state index is 13.2. The van der Waals surface area contributed by atoms with E-state index in [-0.39, 0.29) is 11.8 Å². The van der Waals surface area contributed by atoms with Crippen LogP contribution in [0.2, 0.25) is 0 Å². The molecule has 0 saturated carbocycles. The lowest BCUT2D eigenvalue weighted by atomic mass is 10.1. The summed E-state index contributed by atoms with van der Waals surface area (Å²) in [5.74, 6) is 0.692. The van der Waals surface area contributed by atoms with Gasteiger partial charge in [-0.2, -0.15) is 0 Å². The molecule has 0 unspecified atom stereocenters. The molecule has 0 aliphatic carbocycles. The molecule has 8 heteroatoms. The van der Waals surface area contributed by atoms with Crippen LogP contribution in [-0.4, -0.2) is 64.9 Å². The quantitative estimate of drug-likeness (QED) is 0.402. The van der Waals surface area contributed by atoms with Gasteiger partial charge in [-0.1, -0.05) is 25.5 Å². The Bertz CT molecular complexity index is 989. The standard InChI is InChI=1S/C28H40N4O4/c1-4-6-12-27(33)30-22-13-14-24(23(21-22)28(34)29-15-9-20-36-5-2)31-16-18-32(19-17-31)25-10-7-8-11-26(25)35-3/h7-8,10-11,13-14,21H,4-6,9,12,15-20H2,1-3H3,(H,29,34)(H,30,33). The molecular formula is C28H40N4O4. The van der Waals surface area contributed by atoms with E-state index >= 15 is 0 Å². The predicted octanol–water partition coefficient (Wildman–Crippen LogP) is 4.31. The highest BCUT2D eigenvalue weighted by Gasteiger charge is 2.23. The van der Waals surface area contributed by atoms with Crippen LogP contribution in [0.3, 0.4) is 0 Å². The average Bonchev–Trinajstić information content (AvgIpc) is 2.91. The van der Waals surface area contributed by atoms with Crippen molar-refractivity contribution in [2.45, 2.75) is 39.5 Å². The van der Waals surface area contributed by atoms with Crippen molar-refractivity contribution in [3.8, 4) is 5.75 Å². The molecule has 0 bridgehead atoms. The number of ether oxygens (including phenoxy) is 2. The Morgan fingerprint density at radius 2 is 1.67 bits per heavy atom. The van der Waals surface area contributed by atoms with Crippen molar-refractivity contribution < 1.29 is 19.1 Å². The minimum Gasteiger partial charge on any atom is -0.495 e. The normalized spacial score (nSPS) is 13.4. The van der Waals surface area contributed by atoms with E-state index in [1.807, 2.05) is 37.3 Å². The van der Waals surface area contributed by atoms with Crippen molar-refractivity contribution in [1.29, 1.82) is 0 Å². The number of rotatable bonds is 13. The first kappa shape index (κ1) is 27.3. The van der Waals surface area contributed by atoms with Crippen molar-refractivity contribution >= 4 is 28.9 Å². The molecule has 1 heterocycles. The molecular weight excluding hydrogens is 456 g/mol. The Labute approximate surface area is 214 Å². The van der Waals surface area contributed by atoms with Crippen LogP contribution >= 0.6 is 0 Å². The van der Waals surface area contributed by atoms with E-state index in [0.29, 0.717) is 37.4 Å². The highest BCUT2D eigenvalue weighted by molar-refractivity contribution is 6.02. The molecule has 2 N–H and O–H groups in total. The zero-order valence-electron chi connectivity index (χ0n) is 21.8. The van der Waals surface area contributed by atoms with Crippen molar-refractivity contribution in [2.75, 3.05) is 68.2 Å². The van der Waals surface area contributed by atoms with Gasteiger partial charge in [-0.3, -0.25) is 9.59 Å². The summed E-state index contributed by atoms with van der Waals surface area (Å²) < 4.78 is 10.9. The lowest BCUT2D eigenvalue weighted by Crippen LogP contribution is -2.47. The molecule has 36 heavy (non-hydrogen) atoms. The van der Waals surface area contributed by atoms with Gasteiger partial charge in [0.05, 0.1) is 18.4 Å². The van der Waals surface area contributed by atoms with Crippen molar-refractivity contribution in [3.63, 3.8) is 0 Å². The number of amides is 2. The minimum atomic E-state index is -0.140. The van der Waals surface area contributed by atoms with E-state index in [0.717, 1.165) is 62.6 Å². The Hall–Kier alpha value is -3.26. The van der Waals surface area contributed by atoms with E-state index in [1.54, 1.807) is 13.2 Å². The number of hydrogen-bond donors (Lipinski definition) is 2.